The lowest BCUT2D eigenvalue weighted by atomic mass is 10.1. The smallest absolute Gasteiger partial charge is 0.122 e. The second kappa shape index (κ2) is 10.5. The summed E-state index contributed by atoms with van der Waals surface area (Å²) < 4.78 is 0. The number of nitrogens with zero attached hydrogens (tertiary/aromatic N) is 4. The average molecular weight is 385 g/mol. The number of aromatic hydroxyl groups is 2. The summed E-state index contributed by atoms with van der Waals surface area (Å²) in [6, 6.07) is 11.3. The predicted molar refractivity (Wildman–Crippen MR) is 116 cm³/mol. The van der Waals surface area contributed by atoms with E-state index < -0.39 is 0 Å². The Morgan fingerprint density at radius 3 is 1.29 bits per heavy atom. The first-order chi connectivity index (χ1) is 13.5. The highest BCUT2D eigenvalue weighted by molar-refractivity contribution is 5.54. The van der Waals surface area contributed by atoms with Gasteiger partial charge in [-0.05, 0) is 39.8 Å². The molecule has 0 aliphatic carbocycles. The molecule has 0 aliphatic rings. The van der Waals surface area contributed by atoms with Gasteiger partial charge in [-0.15, -0.1) is 0 Å². The lowest BCUT2D eigenvalue weighted by Crippen LogP contribution is -2.21. The highest BCUT2D eigenvalue weighted by Gasteiger charge is 2.08. The topological polar surface area (TPSA) is 71.7 Å². The third kappa shape index (κ3) is 5.38. The first-order valence-electron chi connectivity index (χ1n) is 10.0. The van der Waals surface area contributed by atoms with Crippen LogP contribution in [0.2, 0.25) is 0 Å². The molecule has 0 fully saturated rings. The van der Waals surface area contributed by atoms with Crippen LogP contribution < -0.4 is 9.80 Å². The van der Waals surface area contributed by atoms with Crippen LogP contribution in [-0.4, -0.2) is 36.4 Å². The lowest BCUT2D eigenvalue weighted by Gasteiger charge is -2.21. The Morgan fingerprint density at radius 1 is 0.643 bits per heavy atom. The number of phenols is 2. The number of rotatable bonds is 10. The molecule has 2 rings (SSSR count). The van der Waals surface area contributed by atoms with Crippen molar-refractivity contribution in [2.75, 3.05) is 36.0 Å². The van der Waals surface area contributed by atoms with Crippen molar-refractivity contribution in [3.63, 3.8) is 0 Å². The molecule has 6 heteroatoms. The monoisotopic (exact) mass is 384 g/mol. The molecule has 28 heavy (non-hydrogen) atoms. The molecular formula is C22H32N4O2. The third-order valence-corrected chi connectivity index (χ3v) is 4.98. The quantitative estimate of drug-likeness (QED) is 0.569. The summed E-state index contributed by atoms with van der Waals surface area (Å²) in [7, 11) is 0. The summed E-state index contributed by atoms with van der Waals surface area (Å²) in [6.45, 7) is 12.6. The maximum Gasteiger partial charge on any atom is 0.122 e. The van der Waals surface area contributed by atoms with Crippen LogP contribution in [0.1, 0.15) is 38.8 Å². The number of hydrogen-bond donors (Lipinski definition) is 2. The maximum absolute atomic E-state index is 10.2. The molecule has 152 valence electrons. The highest BCUT2D eigenvalue weighted by atomic mass is 16.3. The van der Waals surface area contributed by atoms with Crippen LogP contribution in [0.5, 0.6) is 11.5 Å². The average Bonchev–Trinajstić information content (AvgIpc) is 2.69. The van der Waals surface area contributed by atoms with Gasteiger partial charge >= 0.3 is 0 Å². The van der Waals surface area contributed by atoms with E-state index in [4.69, 9.17) is 0 Å². The van der Waals surface area contributed by atoms with E-state index in [0.29, 0.717) is 13.1 Å². The van der Waals surface area contributed by atoms with E-state index in [2.05, 4.69) is 47.7 Å². The van der Waals surface area contributed by atoms with E-state index in [9.17, 15) is 10.2 Å². The molecule has 0 bridgehead atoms. The Labute approximate surface area is 168 Å². The van der Waals surface area contributed by atoms with Crippen LogP contribution in [0, 0.1) is 0 Å². The Balaban J connectivity index is 1.98. The zero-order chi connectivity index (χ0) is 20.5. The summed E-state index contributed by atoms with van der Waals surface area (Å²) in [4.78, 5) is 4.35. The summed E-state index contributed by atoms with van der Waals surface area (Å²) >= 11 is 0. The van der Waals surface area contributed by atoms with Crippen molar-refractivity contribution in [1.29, 1.82) is 0 Å². The number of benzene rings is 2. The van der Waals surface area contributed by atoms with E-state index >= 15 is 0 Å². The van der Waals surface area contributed by atoms with Crippen LogP contribution in [0.4, 0.5) is 11.4 Å². The van der Waals surface area contributed by atoms with Gasteiger partial charge in [-0.25, -0.2) is 0 Å². The largest absolute Gasteiger partial charge is 0.508 e. The first-order valence-corrected chi connectivity index (χ1v) is 10.0. The summed E-state index contributed by atoms with van der Waals surface area (Å²) in [5, 5.41) is 28.8. The van der Waals surface area contributed by atoms with Gasteiger partial charge in [0.05, 0.1) is 13.1 Å². The molecule has 0 atom stereocenters. The molecule has 0 radical (unpaired) electrons. The van der Waals surface area contributed by atoms with Crippen molar-refractivity contribution >= 4 is 11.4 Å². The standard InChI is InChI=1S/C22H32N4O2/c1-5-25(6-2)19-11-9-17(21(27)13-19)15-23-24-16-18-10-12-20(14-22(18)28)26(7-3)8-4/h9-14,27-28H,5-8,15-16H2,1-4H3. The normalized spacial score (nSPS) is 11.1. The van der Waals surface area contributed by atoms with Crippen LogP contribution in [0.3, 0.4) is 0 Å². The van der Waals surface area contributed by atoms with Crippen molar-refractivity contribution in [2.45, 2.75) is 40.8 Å². The molecule has 0 heterocycles. The van der Waals surface area contributed by atoms with Crippen molar-refractivity contribution in [3.05, 3.63) is 47.5 Å². The fourth-order valence-corrected chi connectivity index (χ4v) is 3.20. The molecule has 0 unspecified atom stereocenters. The van der Waals surface area contributed by atoms with Crippen molar-refractivity contribution in [2.24, 2.45) is 10.2 Å². The summed E-state index contributed by atoms with van der Waals surface area (Å²) in [6.07, 6.45) is 0. The molecule has 6 nitrogen and oxygen atoms in total. The molecule has 2 aromatic rings. The van der Waals surface area contributed by atoms with Crippen LogP contribution in [-0.2, 0) is 13.1 Å². The zero-order valence-corrected chi connectivity index (χ0v) is 17.4. The van der Waals surface area contributed by atoms with Crippen LogP contribution >= 0.6 is 0 Å². The molecule has 0 saturated carbocycles. The van der Waals surface area contributed by atoms with Gasteiger partial charge in [-0.3, -0.25) is 0 Å². The van der Waals surface area contributed by atoms with Crippen LogP contribution in [0.15, 0.2) is 46.6 Å². The minimum Gasteiger partial charge on any atom is -0.508 e. The molecule has 0 spiro atoms. The fourth-order valence-electron chi connectivity index (χ4n) is 3.20. The second-order valence-electron chi connectivity index (χ2n) is 6.57. The lowest BCUT2D eigenvalue weighted by molar-refractivity contribution is 0.465. The summed E-state index contributed by atoms with van der Waals surface area (Å²) in [5.74, 6) is 0.463. The molecule has 0 aromatic heterocycles. The second-order valence-corrected chi connectivity index (χ2v) is 6.57. The highest BCUT2D eigenvalue weighted by Crippen LogP contribution is 2.27. The SMILES string of the molecule is CCN(CC)c1ccc(CN=NCc2ccc(N(CC)CC)cc2O)c(O)c1. The van der Waals surface area contributed by atoms with Crippen molar-refractivity contribution in [1.82, 2.24) is 0 Å². The zero-order valence-electron chi connectivity index (χ0n) is 17.4. The van der Waals surface area contributed by atoms with Gasteiger partial charge in [0.15, 0.2) is 0 Å². The van der Waals surface area contributed by atoms with Gasteiger partial charge in [-0.2, -0.15) is 10.2 Å². The summed E-state index contributed by atoms with van der Waals surface area (Å²) in [5.41, 5.74) is 3.48. The minimum absolute atomic E-state index is 0.231. The number of azo groups is 1. The minimum atomic E-state index is 0.231. The van der Waals surface area contributed by atoms with Gasteiger partial charge in [0.1, 0.15) is 11.5 Å². The molecule has 0 aliphatic heterocycles. The third-order valence-electron chi connectivity index (χ3n) is 4.98. The van der Waals surface area contributed by atoms with E-state index in [0.717, 1.165) is 48.7 Å². The van der Waals surface area contributed by atoms with Gasteiger partial charge < -0.3 is 20.0 Å². The Morgan fingerprint density at radius 2 is 1.00 bits per heavy atom. The molecular weight excluding hydrogens is 352 g/mol. The fraction of sp³-hybridized carbons (Fsp3) is 0.455. The number of anilines is 2. The van der Waals surface area contributed by atoms with E-state index in [-0.39, 0.29) is 11.5 Å². The maximum atomic E-state index is 10.2. The predicted octanol–water partition coefficient (Wildman–Crippen LogP) is 4.94. The van der Waals surface area contributed by atoms with Crippen molar-refractivity contribution < 1.29 is 10.2 Å². The Hall–Kier alpha value is -2.76. The Kier molecular flexibility index (Phi) is 8.11. The number of phenolic OH excluding ortho intramolecular Hbond substituents is 2. The van der Waals surface area contributed by atoms with Gasteiger partial charge in [0, 0.05) is 60.8 Å². The number of hydrogen-bond acceptors (Lipinski definition) is 6. The van der Waals surface area contributed by atoms with Gasteiger partial charge in [-0.1, -0.05) is 12.1 Å². The van der Waals surface area contributed by atoms with E-state index in [1.807, 2.05) is 24.3 Å². The molecule has 2 aromatic carbocycles. The van der Waals surface area contributed by atoms with E-state index in [1.165, 1.54) is 0 Å². The Bertz CT molecular complexity index is 719. The first kappa shape index (κ1) is 21.5. The van der Waals surface area contributed by atoms with Gasteiger partial charge in [0.25, 0.3) is 0 Å². The van der Waals surface area contributed by atoms with Crippen LogP contribution in [0.25, 0.3) is 0 Å². The molecule has 2 N–H and O–H groups in total. The van der Waals surface area contributed by atoms with Gasteiger partial charge in [0.2, 0.25) is 0 Å². The van der Waals surface area contributed by atoms with E-state index in [1.54, 1.807) is 12.1 Å². The molecule has 0 saturated heterocycles. The van der Waals surface area contributed by atoms with Crippen molar-refractivity contribution in [3.8, 4) is 11.5 Å². The molecule has 0 amide bonds.